The van der Waals surface area contributed by atoms with Crippen molar-refractivity contribution in [1.82, 2.24) is 4.57 Å². The van der Waals surface area contributed by atoms with Crippen LogP contribution in [-0.4, -0.2) is 4.57 Å². The first-order chi connectivity index (χ1) is 31.3. The van der Waals surface area contributed by atoms with Gasteiger partial charge in [0.2, 0.25) is 0 Å². The predicted octanol–water partition coefficient (Wildman–Crippen LogP) is 16.9. The summed E-state index contributed by atoms with van der Waals surface area (Å²) in [7, 11) is 0. The van der Waals surface area contributed by atoms with Gasteiger partial charge in [0.1, 0.15) is 11.2 Å². The standard InChI is InChI=1S/C60H38N2O/c1-3-15-39(16-4-1)40-27-29-41(30-28-40)58-59-51-23-11-13-25-54(51)62(55(59)38-57-60(58)52-24-12-14-26-56(52)63-57)44-33-31-43(32-34-44)61(42-17-5-2-6-18-42)45-35-36-50-48-21-8-7-19-46(48)47-20-9-10-22-49(47)53(50)37-45/h1-38H. The molecule has 294 valence electrons. The van der Waals surface area contributed by atoms with Crippen molar-refractivity contribution in [2.24, 2.45) is 0 Å². The number of aromatic nitrogens is 1. The molecule has 0 atom stereocenters. The molecular formula is C60H38N2O. The zero-order chi connectivity index (χ0) is 41.4. The van der Waals surface area contributed by atoms with Crippen molar-refractivity contribution in [3.05, 3.63) is 231 Å². The lowest BCUT2D eigenvalue weighted by molar-refractivity contribution is 0.669. The van der Waals surface area contributed by atoms with Gasteiger partial charge in [0.25, 0.3) is 0 Å². The second-order valence-corrected chi connectivity index (χ2v) is 16.4. The minimum absolute atomic E-state index is 0.873. The average molecular weight is 803 g/mol. The van der Waals surface area contributed by atoms with Gasteiger partial charge in [-0.1, -0.05) is 164 Å². The topological polar surface area (TPSA) is 21.3 Å². The number of hydrogen-bond donors (Lipinski definition) is 0. The molecule has 0 fully saturated rings. The summed E-state index contributed by atoms with van der Waals surface area (Å²) in [4.78, 5) is 2.37. The number of furan rings is 1. The Hall–Kier alpha value is -8.40. The molecule has 0 saturated carbocycles. The van der Waals surface area contributed by atoms with E-state index in [9.17, 15) is 0 Å². The molecule has 0 aliphatic carbocycles. The van der Waals surface area contributed by atoms with Gasteiger partial charge in [-0.25, -0.2) is 0 Å². The van der Waals surface area contributed by atoms with Crippen molar-refractivity contribution in [1.29, 1.82) is 0 Å². The molecule has 0 radical (unpaired) electrons. The third-order valence-electron chi connectivity index (χ3n) is 12.9. The summed E-state index contributed by atoms with van der Waals surface area (Å²) in [6.45, 7) is 0. The molecule has 0 N–H and O–H groups in total. The molecule has 2 heterocycles. The Labute approximate surface area is 363 Å². The summed E-state index contributed by atoms with van der Waals surface area (Å²) < 4.78 is 9.12. The van der Waals surface area contributed by atoms with E-state index in [-0.39, 0.29) is 0 Å². The molecule has 0 unspecified atom stereocenters. The van der Waals surface area contributed by atoms with Crippen molar-refractivity contribution in [3.8, 4) is 27.9 Å². The van der Waals surface area contributed by atoms with Crippen molar-refractivity contribution in [2.45, 2.75) is 0 Å². The predicted molar refractivity (Wildman–Crippen MR) is 266 cm³/mol. The van der Waals surface area contributed by atoms with Crippen LogP contribution >= 0.6 is 0 Å². The SMILES string of the molecule is c1ccc(-c2ccc(-c3c4c(cc5c3c3ccccc3n5-c3ccc(N(c5ccccc5)c5ccc6c7ccccc7c7ccccc7c6c5)cc3)oc3ccccc34)cc2)cc1. The number of benzene rings is 11. The van der Waals surface area contributed by atoms with Crippen LogP contribution in [0.1, 0.15) is 0 Å². The van der Waals surface area contributed by atoms with Crippen LogP contribution in [0.4, 0.5) is 17.1 Å². The maximum Gasteiger partial charge on any atom is 0.138 e. The van der Waals surface area contributed by atoms with Crippen LogP contribution in [0.15, 0.2) is 235 Å². The third kappa shape index (κ3) is 5.53. The Morgan fingerprint density at radius 2 is 0.810 bits per heavy atom. The third-order valence-corrected chi connectivity index (χ3v) is 12.9. The molecule has 3 heteroatoms. The fraction of sp³-hybridized carbons (Fsp3) is 0. The largest absolute Gasteiger partial charge is 0.456 e. The van der Waals surface area contributed by atoms with Crippen LogP contribution in [0.3, 0.4) is 0 Å². The van der Waals surface area contributed by atoms with Crippen LogP contribution in [0.25, 0.3) is 104 Å². The molecule has 3 nitrogen and oxygen atoms in total. The van der Waals surface area contributed by atoms with Crippen LogP contribution in [-0.2, 0) is 0 Å². The van der Waals surface area contributed by atoms with E-state index >= 15 is 0 Å². The Morgan fingerprint density at radius 3 is 1.51 bits per heavy atom. The van der Waals surface area contributed by atoms with E-state index in [4.69, 9.17) is 4.42 Å². The molecule has 11 aromatic carbocycles. The van der Waals surface area contributed by atoms with Gasteiger partial charge in [-0.3, -0.25) is 0 Å². The monoisotopic (exact) mass is 802 g/mol. The molecule has 0 spiro atoms. The van der Waals surface area contributed by atoms with Crippen molar-refractivity contribution < 1.29 is 4.42 Å². The summed E-state index contributed by atoms with van der Waals surface area (Å²) in [5, 5.41) is 12.2. The number of para-hydroxylation sites is 3. The quantitative estimate of drug-likeness (QED) is 0.156. The van der Waals surface area contributed by atoms with E-state index in [0.29, 0.717) is 0 Å². The normalized spacial score (nSPS) is 11.8. The lowest BCUT2D eigenvalue weighted by atomic mass is 9.93. The summed E-state index contributed by atoms with van der Waals surface area (Å²) in [5.74, 6) is 0. The summed E-state index contributed by atoms with van der Waals surface area (Å²) in [6.07, 6.45) is 0. The van der Waals surface area contributed by atoms with Crippen molar-refractivity contribution in [2.75, 3.05) is 4.90 Å². The van der Waals surface area contributed by atoms with Gasteiger partial charge in [0.05, 0.1) is 11.0 Å². The Balaban J connectivity index is 1.01. The number of rotatable bonds is 6. The first-order valence-electron chi connectivity index (χ1n) is 21.6. The van der Waals surface area contributed by atoms with E-state index in [1.165, 1.54) is 59.8 Å². The highest BCUT2D eigenvalue weighted by Crippen LogP contribution is 2.47. The van der Waals surface area contributed by atoms with Gasteiger partial charge in [0.15, 0.2) is 0 Å². The number of anilines is 3. The van der Waals surface area contributed by atoms with E-state index in [2.05, 4.69) is 240 Å². The van der Waals surface area contributed by atoms with Gasteiger partial charge >= 0.3 is 0 Å². The van der Waals surface area contributed by atoms with Crippen molar-refractivity contribution in [3.63, 3.8) is 0 Å². The minimum atomic E-state index is 0.873. The molecule has 2 aromatic heterocycles. The minimum Gasteiger partial charge on any atom is -0.456 e. The molecule has 13 aromatic rings. The summed E-state index contributed by atoms with van der Waals surface area (Å²) >= 11 is 0. The molecule has 0 saturated heterocycles. The molecule has 0 bridgehead atoms. The molecular weight excluding hydrogens is 765 g/mol. The van der Waals surface area contributed by atoms with Crippen molar-refractivity contribution >= 4 is 93.1 Å². The van der Waals surface area contributed by atoms with E-state index in [1.807, 2.05) is 0 Å². The average Bonchev–Trinajstić information content (AvgIpc) is 3.90. The van der Waals surface area contributed by atoms with Crippen LogP contribution in [0, 0.1) is 0 Å². The highest BCUT2D eigenvalue weighted by atomic mass is 16.3. The Kier molecular flexibility index (Phi) is 7.91. The van der Waals surface area contributed by atoms with Crippen LogP contribution in [0.5, 0.6) is 0 Å². The van der Waals surface area contributed by atoms with Crippen LogP contribution < -0.4 is 4.90 Å². The second kappa shape index (κ2) is 14.1. The molecule has 63 heavy (non-hydrogen) atoms. The van der Waals surface area contributed by atoms with Gasteiger partial charge in [-0.2, -0.15) is 0 Å². The molecule has 0 aliphatic rings. The van der Waals surface area contributed by atoms with Gasteiger partial charge in [-0.05, 0) is 110 Å². The highest BCUT2D eigenvalue weighted by Gasteiger charge is 2.23. The molecule has 13 rings (SSSR count). The maximum atomic E-state index is 6.71. The Morgan fingerprint density at radius 1 is 0.302 bits per heavy atom. The Bertz CT molecular complexity index is 3850. The van der Waals surface area contributed by atoms with Crippen LogP contribution in [0.2, 0.25) is 0 Å². The number of nitrogens with zero attached hydrogens (tertiary/aromatic N) is 2. The van der Waals surface area contributed by atoms with E-state index < -0.39 is 0 Å². The lowest BCUT2D eigenvalue weighted by Crippen LogP contribution is -2.10. The van der Waals surface area contributed by atoms with E-state index in [1.54, 1.807) is 0 Å². The smallest absolute Gasteiger partial charge is 0.138 e. The zero-order valence-electron chi connectivity index (χ0n) is 34.2. The summed E-state index contributed by atoms with van der Waals surface area (Å²) in [6, 6.07) is 83.3. The lowest BCUT2D eigenvalue weighted by Gasteiger charge is -2.26. The number of hydrogen-bond acceptors (Lipinski definition) is 2. The summed E-state index contributed by atoms with van der Waals surface area (Å²) in [5.41, 5.74) is 13.1. The fourth-order valence-corrected chi connectivity index (χ4v) is 10.2. The van der Waals surface area contributed by atoms with Gasteiger partial charge < -0.3 is 13.9 Å². The van der Waals surface area contributed by atoms with E-state index in [0.717, 1.165) is 61.3 Å². The second-order valence-electron chi connectivity index (χ2n) is 16.4. The first kappa shape index (κ1) is 35.4. The molecule has 0 aliphatic heterocycles. The molecule has 0 amide bonds. The first-order valence-corrected chi connectivity index (χ1v) is 21.6. The van der Waals surface area contributed by atoms with Gasteiger partial charge in [-0.15, -0.1) is 0 Å². The fourth-order valence-electron chi connectivity index (χ4n) is 10.2. The maximum absolute atomic E-state index is 6.71. The zero-order valence-corrected chi connectivity index (χ0v) is 34.2. The highest BCUT2D eigenvalue weighted by molar-refractivity contribution is 6.28. The number of fused-ring (bicyclic) bond motifs is 12. The van der Waals surface area contributed by atoms with Gasteiger partial charge in [0, 0.05) is 55.9 Å².